The van der Waals surface area contributed by atoms with E-state index < -0.39 is 34.7 Å². The van der Waals surface area contributed by atoms with Crippen LogP contribution in [0.25, 0.3) is 0 Å². The largest absolute Gasteiger partial charge is 0.471 e. The van der Waals surface area contributed by atoms with Crippen molar-refractivity contribution in [3.8, 4) is 0 Å². The zero-order chi connectivity index (χ0) is 25.0. The van der Waals surface area contributed by atoms with Gasteiger partial charge in [-0.25, -0.2) is 0 Å². The van der Waals surface area contributed by atoms with Crippen LogP contribution in [0.3, 0.4) is 0 Å². The van der Waals surface area contributed by atoms with E-state index in [1.54, 1.807) is 5.32 Å². The highest BCUT2D eigenvalue weighted by Gasteiger charge is 2.39. The van der Waals surface area contributed by atoms with E-state index in [0.29, 0.717) is 0 Å². The van der Waals surface area contributed by atoms with Crippen LogP contribution in [0.2, 0.25) is 0 Å². The average Bonchev–Trinajstić information content (AvgIpc) is 3.02. The molecule has 0 atom stereocenters. The van der Waals surface area contributed by atoms with Crippen molar-refractivity contribution in [1.29, 1.82) is 0 Å². The summed E-state index contributed by atoms with van der Waals surface area (Å²) >= 11 is 0. The minimum atomic E-state index is -5.06. The normalized spacial score (nSPS) is 13.0. The molecule has 2 N–H and O–H groups in total. The number of halogens is 3. The van der Waals surface area contributed by atoms with Crippen LogP contribution in [-0.4, -0.2) is 46.2 Å². The summed E-state index contributed by atoms with van der Waals surface area (Å²) in [6.07, 6.45) is -5.08. The van der Waals surface area contributed by atoms with Gasteiger partial charge in [0.2, 0.25) is 5.91 Å². The van der Waals surface area contributed by atoms with Gasteiger partial charge in [0.05, 0.1) is 16.1 Å². The average molecular weight is 478 g/mol. The quantitative estimate of drug-likeness (QED) is 0.340. The Labute approximate surface area is 189 Å². The van der Waals surface area contributed by atoms with Gasteiger partial charge in [-0.1, -0.05) is 18.2 Å². The number of nitrogens with zero attached hydrogens (tertiary/aromatic N) is 2. The predicted octanol–water partition coefficient (Wildman–Crippen LogP) is 2.79. The van der Waals surface area contributed by atoms with Gasteiger partial charge in [0.1, 0.15) is 0 Å². The lowest BCUT2D eigenvalue weighted by atomic mass is 10.1. The van der Waals surface area contributed by atoms with Gasteiger partial charge in [0, 0.05) is 37.3 Å². The van der Waals surface area contributed by atoms with Crippen molar-refractivity contribution in [1.82, 2.24) is 10.2 Å². The van der Waals surface area contributed by atoms with Crippen LogP contribution in [0.4, 0.5) is 24.5 Å². The van der Waals surface area contributed by atoms with Crippen molar-refractivity contribution in [2.45, 2.75) is 25.6 Å². The van der Waals surface area contributed by atoms with Crippen LogP contribution in [0.1, 0.15) is 39.1 Å². The second kappa shape index (κ2) is 9.68. The monoisotopic (exact) mass is 478 g/mol. The maximum absolute atomic E-state index is 12.5. The molecule has 0 aromatic heterocycles. The molecule has 1 aliphatic heterocycles. The second-order valence-corrected chi connectivity index (χ2v) is 7.24. The van der Waals surface area contributed by atoms with E-state index >= 15 is 0 Å². The number of rotatable bonds is 8. The van der Waals surface area contributed by atoms with Crippen molar-refractivity contribution < 1.29 is 37.3 Å². The number of carbonyl (C=O) groups excluding carboxylic acids is 4. The molecule has 2 aromatic carbocycles. The van der Waals surface area contributed by atoms with E-state index in [0.717, 1.165) is 17.0 Å². The molecule has 0 fully saturated rings. The molecule has 10 nitrogen and oxygen atoms in total. The van der Waals surface area contributed by atoms with Gasteiger partial charge in [0.25, 0.3) is 17.5 Å². The molecular weight excluding hydrogens is 461 g/mol. The van der Waals surface area contributed by atoms with E-state index in [4.69, 9.17) is 0 Å². The second-order valence-electron chi connectivity index (χ2n) is 7.24. The molecule has 0 aliphatic carbocycles. The molecule has 1 heterocycles. The Morgan fingerprint density at radius 2 is 1.71 bits per heavy atom. The molecule has 34 heavy (non-hydrogen) atoms. The molecule has 0 saturated heterocycles. The number of para-hydroxylation sites is 1. The van der Waals surface area contributed by atoms with Crippen LogP contribution in [-0.2, 0) is 16.1 Å². The fraction of sp³-hybridized carbons (Fsp3) is 0.238. The number of nitrogens with one attached hydrogen (secondary N) is 2. The lowest BCUT2D eigenvalue weighted by Gasteiger charge is -2.14. The molecule has 0 saturated carbocycles. The van der Waals surface area contributed by atoms with Gasteiger partial charge in [-0.2, -0.15) is 13.2 Å². The van der Waals surface area contributed by atoms with Crippen LogP contribution >= 0.6 is 0 Å². The third-order valence-electron chi connectivity index (χ3n) is 4.95. The van der Waals surface area contributed by atoms with E-state index in [2.05, 4.69) is 5.32 Å². The predicted molar refractivity (Wildman–Crippen MR) is 111 cm³/mol. The lowest BCUT2D eigenvalue weighted by Crippen LogP contribution is -2.32. The molecule has 0 unspecified atom stereocenters. The smallest absolute Gasteiger partial charge is 0.352 e. The number of imide groups is 1. The number of hydrogen-bond donors (Lipinski definition) is 2. The molecule has 2 aromatic rings. The van der Waals surface area contributed by atoms with Crippen molar-refractivity contribution >= 4 is 35.0 Å². The zero-order valence-corrected chi connectivity index (χ0v) is 17.3. The first-order chi connectivity index (χ1) is 16.0. The Kier molecular flexibility index (Phi) is 6.94. The summed E-state index contributed by atoms with van der Waals surface area (Å²) in [6, 6.07) is 9.00. The van der Waals surface area contributed by atoms with E-state index in [9.17, 15) is 42.5 Å². The molecule has 0 bridgehead atoms. The van der Waals surface area contributed by atoms with Crippen LogP contribution in [0.5, 0.6) is 0 Å². The van der Waals surface area contributed by atoms with Crippen molar-refractivity contribution in [2.75, 3.05) is 11.9 Å². The summed E-state index contributed by atoms with van der Waals surface area (Å²) in [5.74, 6) is -3.95. The highest BCUT2D eigenvalue weighted by atomic mass is 19.4. The lowest BCUT2D eigenvalue weighted by molar-refractivity contribution is -0.384. The zero-order valence-electron chi connectivity index (χ0n) is 17.3. The van der Waals surface area contributed by atoms with Gasteiger partial charge in [0.15, 0.2) is 0 Å². The summed E-state index contributed by atoms with van der Waals surface area (Å²) in [5.41, 5.74) is -0.229. The third-order valence-corrected chi connectivity index (χ3v) is 4.95. The topological polar surface area (TPSA) is 139 Å². The van der Waals surface area contributed by atoms with Crippen molar-refractivity contribution in [3.63, 3.8) is 0 Å². The Hall–Kier alpha value is -4.29. The number of benzene rings is 2. The van der Waals surface area contributed by atoms with Gasteiger partial charge in [-0.3, -0.25) is 34.2 Å². The molecule has 0 radical (unpaired) electrons. The first-order valence-corrected chi connectivity index (χ1v) is 9.86. The number of anilines is 1. The molecule has 3 rings (SSSR count). The summed E-state index contributed by atoms with van der Waals surface area (Å²) in [5, 5.41) is 15.1. The Balaban J connectivity index is 1.52. The van der Waals surface area contributed by atoms with E-state index in [1.165, 1.54) is 30.3 Å². The number of carbonyl (C=O) groups is 4. The molecule has 0 spiro atoms. The number of nitro groups is 1. The maximum atomic E-state index is 12.5. The van der Waals surface area contributed by atoms with Crippen LogP contribution in [0.15, 0.2) is 42.5 Å². The number of hydrogen-bond acceptors (Lipinski definition) is 6. The molecule has 4 amide bonds. The molecule has 178 valence electrons. The van der Waals surface area contributed by atoms with Crippen LogP contribution in [0, 0.1) is 10.1 Å². The fourth-order valence-electron chi connectivity index (χ4n) is 3.26. The molecular formula is C21H17F3N4O6. The summed E-state index contributed by atoms with van der Waals surface area (Å²) in [6.45, 7) is -0.268. The van der Waals surface area contributed by atoms with Crippen LogP contribution < -0.4 is 10.6 Å². The third kappa shape index (κ3) is 5.36. The van der Waals surface area contributed by atoms with Gasteiger partial charge < -0.3 is 10.6 Å². The highest BCUT2D eigenvalue weighted by molar-refractivity contribution is 6.21. The molecule has 13 heteroatoms. The highest BCUT2D eigenvalue weighted by Crippen LogP contribution is 2.27. The number of amides is 4. The minimum Gasteiger partial charge on any atom is -0.352 e. The summed E-state index contributed by atoms with van der Waals surface area (Å²) in [4.78, 5) is 59.2. The number of nitro benzene ring substituents is 1. The Morgan fingerprint density at radius 3 is 2.38 bits per heavy atom. The Bertz CT molecular complexity index is 1180. The minimum absolute atomic E-state index is 0.0394. The van der Waals surface area contributed by atoms with Crippen molar-refractivity contribution in [2.24, 2.45) is 0 Å². The van der Waals surface area contributed by atoms with Gasteiger partial charge in [-0.05, 0) is 24.1 Å². The number of fused-ring (bicyclic) bond motifs is 1. The Morgan fingerprint density at radius 1 is 1.03 bits per heavy atom. The summed E-state index contributed by atoms with van der Waals surface area (Å²) < 4.78 is 37.4. The fourth-order valence-corrected chi connectivity index (χ4v) is 3.26. The molecule has 1 aliphatic rings. The standard InChI is InChI=1S/C21H17F3N4O6/c22-21(23,24)20(32)26-16-5-2-1-4-12(16)11-25-17(29)6-3-9-27-18(30)14-8-7-13(28(33)34)10-15(14)19(27)31/h1-2,4-5,7-8,10H,3,6,9,11H2,(H,25,29)(H,26,32). The van der Waals surface area contributed by atoms with Crippen molar-refractivity contribution in [3.05, 3.63) is 69.3 Å². The number of alkyl halides is 3. The van der Waals surface area contributed by atoms with Gasteiger partial charge in [-0.15, -0.1) is 0 Å². The SMILES string of the molecule is O=C(CCCN1C(=O)c2ccc([N+](=O)[O-])cc2C1=O)NCc1ccccc1NC(=O)C(F)(F)F. The van der Waals surface area contributed by atoms with E-state index in [-0.39, 0.29) is 54.0 Å². The maximum Gasteiger partial charge on any atom is 0.471 e. The van der Waals surface area contributed by atoms with E-state index in [1.807, 2.05) is 0 Å². The first kappa shape index (κ1) is 24.4. The van der Waals surface area contributed by atoms with Gasteiger partial charge >= 0.3 is 12.1 Å². The first-order valence-electron chi connectivity index (χ1n) is 9.86. The number of non-ortho nitro benzene ring substituents is 1. The summed E-state index contributed by atoms with van der Waals surface area (Å²) in [7, 11) is 0.